The fourth-order valence-electron chi connectivity index (χ4n) is 2.30. The van der Waals surface area contributed by atoms with Crippen molar-refractivity contribution >= 4 is 5.91 Å². The second kappa shape index (κ2) is 5.82. The van der Waals surface area contributed by atoms with Gasteiger partial charge in [0.25, 0.3) is 5.91 Å². The van der Waals surface area contributed by atoms with Crippen LogP contribution in [0.25, 0.3) is 0 Å². The maximum Gasteiger partial charge on any atom is 0.257 e. The van der Waals surface area contributed by atoms with E-state index >= 15 is 0 Å². The van der Waals surface area contributed by atoms with Crippen LogP contribution in [0.3, 0.4) is 0 Å². The number of amides is 1. The minimum absolute atomic E-state index is 0.0916. The lowest BCUT2D eigenvalue weighted by atomic mass is 10.1. The van der Waals surface area contributed by atoms with E-state index in [2.05, 4.69) is 10.3 Å². The minimum atomic E-state index is -0.515. The Balaban J connectivity index is 2.06. The van der Waals surface area contributed by atoms with Crippen LogP contribution in [0.5, 0.6) is 0 Å². The van der Waals surface area contributed by atoms with Gasteiger partial charge in [-0.25, -0.2) is 0 Å². The number of rotatable bonds is 2. The molecule has 1 amide bonds. The monoisotopic (exact) mass is 250 g/mol. The highest BCUT2D eigenvalue weighted by Gasteiger charge is 2.24. The van der Waals surface area contributed by atoms with Crippen LogP contribution in [0.1, 0.15) is 42.5 Å². The Bertz CT molecular complexity index is 469. The number of aromatic amines is 1. The first-order valence-corrected chi connectivity index (χ1v) is 6.34. The Morgan fingerprint density at radius 1 is 1.33 bits per heavy atom. The lowest BCUT2D eigenvalue weighted by molar-refractivity contribution is 0.0817. The van der Waals surface area contributed by atoms with Crippen molar-refractivity contribution < 1.29 is 9.90 Å². The number of hydrogen-bond acceptors (Lipinski definition) is 3. The molecule has 0 radical (unpaired) electrons. The normalized spacial score (nSPS) is 24.3. The Hall–Kier alpha value is -1.62. The molecule has 1 aliphatic carbocycles. The Morgan fingerprint density at radius 2 is 2.11 bits per heavy atom. The van der Waals surface area contributed by atoms with Gasteiger partial charge in [-0.05, 0) is 12.8 Å². The zero-order valence-corrected chi connectivity index (χ0v) is 10.2. The second-order valence-electron chi connectivity index (χ2n) is 4.71. The van der Waals surface area contributed by atoms with Crippen molar-refractivity contribution in [1.29, 1.82) is 0 Å². The van der Waals surface area contributed by atoms with Crippen molar-refractivity contribution in [2.45, 2.75) is 44.2 Å². The van der Waals surface area contributed by atoms with E-state index in [1.54, 1.807) is 0 Å². The summed E-state index contributed by atoms with van der Waals surface area (Å²) in [7, 11) is 0. The fraction of sp³-hybridized carbons (Fsp3) is 0.538. The molecule has 1 aromatic rings. The van der Waals surface area contributed by atoms with Crippen LogP contribution in [0, 0.1) is 0 Å². The number of pyridine rings is 1. The van der Waals surface area contributed by atoms with Crippen molar-refractivity contribution in [3.63, 3.8) is 0 Å². The van der Waals surface area contributed by atoms with Gasteiger partial charge in [-0.15, -0.1) is 0 Å². The predicted octanol–water partition coefficient (Wildman–Crippen LogP) is 0.798. The van der Waals surface area contributed by atoms with Crippen molar-refractivity contribution in [1.82, 2.24) is 10.3 Å². The van der Waals surface area contributed by atoms with Crippen LogP contribution in [0.2, 0.25) is 0 Å². The van der Waals surface area contributed by atoms with Gasteiger partial charge in [0, 0.05) is 18.5 Å². The minimum Gasteiger partial charge on any atom is -0.391 e. The zero-order chi connectivity index (χ0) is 13.0. The highest BCUT2D eigenvalue weighted by Crippen LogP contribution is 2.18. The van der Waals surface area contributed by atoms with Crippen molar-refractivity contribution in [2.24, 2.45) is 0 Å². The third-order valence-electron chi connectivity index (χ3n) is 3.36. The average molecular weight is 250 g/mol. The van der Waals surface area contributed by atoms with E-state index in [-0.39, 0.29) is 17.0 Å². The van der Waals surface area contributed by atoms with E-state index < -0.39 is 12.0 Å². The van der Waals surface area contributed by atoms with E-state index in [1.807, 2.05) is 0 Å². The molecule has 2 atom stereocenters. The van der Waals surface area contributed by atoms with E-state index in [1.165, 1.54) is 18.5 Å². The Morgan fingerprint density at radius 3 is 2.89 bits per heavy atom. The van der Waals surface area contributed by atoms with Gasteiger partial charge in [-0.3, -0.25) is 9.59 Å². The molecule has 0 spiro atoms. The number of hydrogen-bond donors (Lipinski definition) is 3. The van der Waals surface area contributed by atoms with Crippen LogP contribution >= 0.6 is 0 Å². The van der Waals surface area contributed by atoms with Gasteiger partial charge in [0.2, 0.25) is 0 Å². The standard InChI is InChI=1S/C13H18N2O3/c16-11-6-7-14-8-9(11)13(18)15-10-4-2-1-3-5-12(10)17/h6-8,10,12,17H,1-5H2,(H,14,16)(H,15,18). The van der Waals surface area contributed by atoms with E-state index in [9.17, 15) is 14.7 Å². The van der Waals surface area contributed by atoms with Crippen LogP contribution in [0.15, 0.2) is 23.3 Å². The van der Waals surface area contributed by atoms with Crippen LogP contribution in [-0.2, 0) is 0 Å². The largest absolute Gasteiger partial charge is 0.391 e. The first-order chi connectivity index (χ1) is 8.68. The summed E-state index contributed by atoms with van der Waals surface area (Å²) < 4.78 is 0. The van der Waals surface area contributed by atoms with Crippen molar-refractivity contribution in [2.75, 3.05) is 0 Å². The van der Waals surface area contributed by atoms with Crippen molar-refractivity contribution in [3.8, 4) is 0 Å². The number of aromatic nitrogens is 1. The van der Waals surface area contributed by atoms with Gasteiger partial charge in [0.05, 0.1) is 12.1 Å². The predicted molar refractivity (Wildman–Crippen MR) is 67.4 cm³/mol. The van der Waals surface area contributed by atoms with Gasteiger partial charge in [0.1, 0.15) is 5.56 Å². The van der Waals surface area contributed by atoms with Crippen LogP contribution in [-0.4, -0.2) is 28.1 Å². The molecule has 2 rings (SSSR count). The third-order valence-corrected chi connectivity index (χ3v) is 3.36. The molecular weight excluding hydrogens is 232 g/mol. The topological polar surface area (TPSA) is 82.2 Å². The lowest BCUT2D eigenvalue weighted by Crippen LogP contribution is -2.43. The Labute approximate surface area is 105 Å². The SMILES string of the molecule is O=C(NC1CCCCCC1O)c1c[nH]ccc1=O. The first kappa shape index (κ1) is 12.8. The molecule has 5 nitrogen and oxygen atoms in total. The molecule has 0 aromatic carbocycles. The quantitative estimate of drug-likeness (QED) is 0.679. The van der Waals surface area contributed by atoms with Gasteiger partial charge in [-0.1, -0.05) is 19.3 Å². The van der Waals surface area contributed by atoms with Crippen LogP contribution in [0.4, 0.5) is 0 Å². The lowest BCUT2D eigenvalue weighted by Gasteiger charge is -2.21. The molecule has 0 saturated heterocycles. The molecule has 1 saturated carbocycles. The van der Waals surface area contributed by atoms with Gasteiger partial charge < -0.3 is 15.4 Å². The molecule has 5 heteroatoms. The summed E-state index contributed by atoms with van der Waals surface area (Å²) in [5.41, 5.74) is -0.219. The smallest absolute Gasteiger partial charge is 0.257 e. The summed E-state index contributed by atoms with van der Waals surface area (Å²) in [6.45, 7) is 0. The summed E-state index contributed by atoms with van der Waals surface area (Å²) in [5.74, 6) is -0.414. The zero-order valence-electron chi connectivity index (χ0n) is 10.2. The van der Waals surface area contributed by atoms with E-state index in [0.29, 0.717) is 6.42 Å². The maximum atomic E-state index is 11.9. The second-order valence-corrected chi connectivity index (χ2v) is 4.71. The summed E-state index contributed by atoms with van der Waals surface area (Å²) in [5, 5.41) is 12.7. The number of aliphatic hydroxyl groups excluding tert-OH is 1. The summed E-state index contributed by atoms with van der Waals surface area (Å²) in [6.07, 6.45) is 6.88. The third kappa shape index (κ3) is 2.98. The fourth-order valence-corrected chi connectivity index (χ4v) is 2.30. The van der Waals surface area contributed by atoms with Gasteiger partial charge in [0.15, 0.2) is 5.43 Å². The number of H-pyrrole nitrogens is 1. The highest BCUT2D eigenvalue weighted by atomic mass is 16.3. The first-order valence-electron chi connectivity index (χ1n) is 6.34. The van der Waals surface area contributed by atoms with E-state index in [0.717, 1.165) is 25.7 Å². The molecule has 1 aromatic heterocycles. The summed E-state index contributed by atoms with van der Waals surface area (Å²) in [4.78, 5) is 26.2. The Kier molecular flexibility index (Phi) is 4.15. The molecule has 1 aliphatic rings. The molecule has 1 heterocycles. The average Bonchev–Trinajstić information content (AvgIpc) is 2.55. The number of aliphatic hydroxyl groups is 1. The molecule has 3 N–H and O–H groups in total. The van der Waals surface area contributed by atoms with Gasteiger partial charge in [-0.2, -0.15) is 0 Å². The van der Waals surface area contributed by atoms with Gasteiger partial charge >= 0.3 is 0 Å². The summed E-state index contributed by atoms with van der Waals surface area (Å²) >= 11 is 0. The highest BCUT2D eigenvalue weighted by molar-refractivity contribution is 5.93. The number of nitrogens with one attached hydrogen (secondary N) is 2. The molecule has 0 aliphatic heterocycles. The van der Waals surface area contributed by atoms with Crippen molar-refractivity contribution in [3.05, 3.63) is 34.2 Å². The number of carbonyl (C=O) groups excluding carboxylic acids is 1. The summed E-state index contributed by atoms with van der Waals surface area (Å²) in [6, 6.07) is 1.07. The molecule has 1 fully saturated rings. The molecule has 2 unspecified atom stereocenters. The molecule has 98 valence electrons. The maximum absolute atomic E-state index is 11.9. The molecule has 18 heavy (non-hydrogen) atoms. The van der Waals surface area contributed by atoms with E-state index in [4.69, 9.17) is 0 Å². The van der Waals surface area contributed by atoms with Crippen LogP contribution < -0.4 is 10.7 Å². The number of carbonyl (C=O) groups is 1. The molecule has 0 bridgehead atoms. The molecular formula is C13H18N2O3.